The minimum Gasteiger partial charge on any atom is -0.390 e. The monoisotopic (exact) mass is 470 g/mol. The maximum atomic E-state index is 10.9. The minimum absolute atomic E-state index is 0.00345. The number of fused-ring (bicyclic) bond motifs is 3. The highest BCUT2D eigenvalue weighted by atomic mass is 16.3. The second-order valence-electron chi connectivity index (χ2n) is 10.6. The summed E-state index contributed by atoms with van der Waals surface area (Å²) in [6, 6.07) is 11.0. The number of nitrogens with zero attached hydrogens (tertiary/aromatic N) is 4. The number of hydrogen-bond acceptors (Lipinski definition) is 7. The summed E-state index contributed by atoms with van der Waals surface area (Å²) in [4.78, 5) is 13.3. The second-order valence-corrected chi connectivity index (χ2v) is 10.6. The van der Waals surface area contributed by atoms with Crippen LogP contribution >= 0.6 is 0 Å². The molecule has 5 N–H and O–H groups in total. The number of aromatic nitrogens is 4. The van der Waals surface area contributed by atoms with Crippen LogP contribution in [0.5, 0.6) is 0 Å². The van der Waals surface area contributed by atoms with Gasteiger partial charge in [-0.3, -0.25) is 0 Å². The number of anilines is 2. The molecule has 1 aromatic carbocycles. The van der Waals surface area contributed by atoms with Crippen LogP contribution in [0.3, 0.4) is 0 Å². The number of nitrogens with one attached hydrogen (secondary N) is 1. The molecule has 4 aromatic rings. The molecule has 2 fully saturated rings. The van der Waals surface area contributed by atoms with Crippen LogP contribution < -0.4 is 11.1 Å². The maximum Gasteiger partial charge on any atom is 0.145 e. The first kappa shape index (κ1) is 21.1. The van der Waals surface area contributed by atoms with Gasteiger partial charge in [0.1, 0.15) is 29.7 Å². The van der Waals surface area contributed by atoms with E-state index < -0.39 is 12.2 Å². The SMILES string of the molecule is Nc1ncnc2c1ccn2[C@@H]1C[C@H](CCc2ccc3cc4c(nc3c2)N[C@@H](C2CC2)C4)[C@@H](O)[C@H]1O. The number of benzene rings is 1. The van der Waals surface area contributed by atoms with E-state index in [9.17, 15) is 10.2 Å². The predicted molar refractivity (Wildman–Crippen MR) is 135 cm³/mol. The first-order chi connectivity index (χ1) is 17.0. The van der Waals surface area contributed by atoms with Gasteiger partial charge in [-0.2, -0.15) is 0 Å². The third-order valence-electron chi connectivity index (χ3n) is 8.39. The van der Waals surface area contributed by atoms with E-state index in [1.54, 1.807) is 0 Å². The molecule has 8 heteroatoms. The Hall–Kier alpha value is -3.23. The van der Waals surface area contributed by atoms with Gasteiger partial charge in [0.25, 0.3) is 0 Å². The number of nitrogen functional groups attached to an aromatic ring is 1. The van der Waals surface area contributed by atoms with Crippen LogP contribution in [0.25, 0.3) is 21.9 Å². The van der Waals surface area contributed by atoms with Crippen molar-refractivity contribution in [2.45, 2.75) is 62.8 Å². The highest BCUT2D eigenvalue weighted by Crippen LogP contribution is 2.41. The largest absolute Gasteiger partial charge is 0.390 e. The fraction of sp³-hybridized carbons (Fsp3) is 0.444. The molecule has 0 bridgehead atoms. The molecule has 3 aromatic heterocycles. The van der Waals surface area contributed by atoms with Gasteiger partial charge in [0.05, 0.1) is 23.0 Å². The standard InChI is InChI=1S/C27H30N6O2/c28-25-19-7-8-33(27(19)30-13-29-25)22-12-17(23(34)24(22)35)4-2-14-1-3-16-10-18-11-21(15-5-6-15)32-26(18)31-20(16)9-14/h1,3,7-10,13,15,17,21-24,34-35H,2,4-6,11-12H2,(H,31,32)(H2,28,29,30)/t17-,21+,22+,23+,24-/m0/s1. The summed E-state index contributed by atoms with van der Waals surface area (Å²) in [5.41, 5.74) is 10.2. The van der Waals surface area contributed by atoms with Crippen molar-refractivity contribution in [2.75, 3.05) is 11.1 Å². The molecule has 0 spiro atoms. The van der Waals surface area contributed by atoms with Gasteiger partial charge in [-0.05, 0) is 79.7 Å². The molecule has 5 atom stereocenters. The van der Waals surface area contributed by atoms with Crippen LogP contribution in [0.2, 0.25) is 0 Å². The molecule has 0 radical (unpaired) electrons. The Bertz CT molecular complexity index is 1430. The van der Waals surface area contributed by atoms with E-state index in [1.165, 1.54) is 35.7 Å². The van der Waals surface area contributed by atoms with Crippen LogP contribution in [0.4, 0.5) is 11.6 Å². The molecular weight excluding hydrogens is 440 g/mol. The third kappa shape index (κ3) is 3.54. The molecule has 3 aliphatic rings. The summed E-state index contributed by atoms with van der Waals surface area (Å²) in [7, 11) is 0. The molecule has 35 heavy (non-hydrogen) atoms. The molecule has 8 nitrogen and oxygen atoms in total. The molecule has 2 aliphatic carbocycles. The zero-order valence-electron chi connectivity index (χ0n) is 19.5. The van der Waals surface area contributed by atoms with Gasteiger partial charge < -0.3 is 25.8 Å². The molecule has 1 aliphatic heterocycles. The van der Waals surface area contributed by atoms with Gasteiger partial charge in [-0.25, -0.2) is 15.0 Å². The van der Waals surface area contributed by atoms with Crippen molar-refractivity contribution < 1.29 is 10.2 Å². The summed E-state index contributed by atoms with van der Waals surface area (Å²) >= 11 is 0. The Labute approximate surface area is 203 Å². The quantitative estimate of drug-likeness (QED) is 0.353. The first-order valence-corrected chi connectivity index (χ1v) is 12.7. The number of pyridine rings is 1. The molecule has 0 amide bonds. The predicted octanol–water partition coefficient (Wildman–Crippen LogP) is 3.22. The Morgan fingerprint density at radius 2 is 1.97 bits per heavy atom. The van der Waals surface area contributed by atoms with Gasteiger partial charge in [0, 0.05) is 17.6 Å². The number of aliphatic hydroxyl groups excluding tert-OH is 2. The molecule has 180 valence electrons. The van der Waals surface area contributed by atoms with E-state index in [0.717, 1.165) is 41.9 Å². The van der Waals surface area contributed by atoms with Crippen molar-refractivity contribution >= 4 is 33.6 Å². The number of aliphatic hydroxyl groups is 2. The zero-order chi connectivity index (χ0) is 23.7. The molecule has 7 rings (SSSR count). The lowest BCUT2D eigenvalue weighted by atomic mass is 9.95. The first-order valence-electron chi connectivity index (χ1n) is 12.7. The lowest BCUT2D eigenvalue weighted by Crippen LogP contribution is -2.29. The number of hydrogen-bond donors (Lipinski definition) is 4. The van der Waals surface area contributed by atoms with Gasteiger partial charge in [-0.15, -0.1) is 0 Å². The number of rotatable bonds is 5. The van der Waals surface area contributed by atoms with Gasteiger partial charge in [0.2, 0.25) is 0 Å². The normalized spacial score (nSPS) is 28.0. The van der Waals surface area contributed by atoms with E-state index >= 15 is 0 Å². The second kappa shape index (κ2) is 7.90. The van der Waals surface area contributed by atoms with Crippen LogP contribution in [-0.2, 0) is 12.8 Å². The van der Waals surface area contributed by atoms with E-state index in [0.29, 0.717) is 23.9 Å². The summed E-state index contributed by atoms with van der Waals surface area (Å²) in [6.45, 7) is 0. The van der Waals surface area contributed by atoms with Crippen molar-refractivity contribution in [1.29, 1.82) is 0 Å². The lowest BCUT2D eigenvalue weighted by molar-refractivity contribution is 0.00545. The summed E-state index contributed by atoms with van der Waals surface area (Å²) in [5, 5.41) is 27.3. The van der Waals surface area contributed by atoms with Gasteiger partial charge in [0.15, 0.2) is 0 Å². The highest BCUT2D eigenvalue weighted by Gasteiger charge is 2.42. The van der Waals surface area contributed by atoms with E-state index in [1.807, 2.05) is 16.8 Å². The average molecular weight is 471 g/mol. The fourth-order valence-electron chi connectivity index (χ4n) is 6.21. The Kier molecular flexibility index (Phi) is 4.76. The smallest absolute Gasteiger partial charge is 0.145 e. The van der Waals surface area contributed by atoms with Crippen LogP contribution in [-0.4, -0.2) is 48.0 Å². The van der Waals surface area contributed by atoms with Crippen molar-refractivity contribution in [3.8, 4) is 0 Å². The molecule has 4 heterocycles. The van der Waals surface area contributed by atoms with E-state index in [4.69, 9.17) is 10.7 Å². The Balaban J connectivity index is 1.07. The van der Waals surface area contributed by atoms with Gasteiger partial charge in [-0.1, -0.05) is 12.1 Å². The molecular formula is C27H30N6O2. The minimum atomic E-state index is -0.849. The topological polar surface area (TPSA) is 122 Å². The van der Waals surface area contributed by atoms with Crippen molar-refractivity contribution in [3.63, 3.8) is 0 Å². The molecule has 0 unspecified atom stereocenters. The summed E-state index contributed by atoms with van der Waals surface area (Å²) in [5.74, 6) is 2.28. The number of nitrogens with two attached hydrogens (primary N) is 1. The highest BCUT2D eigenvalue weighted by molar-refractivity contribution is 5.86. The van der Waals surface area contributed by atoms with Crippen LogP contribution in [0, 0.1) is 11.8 Å². The van der Waals surface area contributed by atoms with Crippen molar-refractivity contribution in [3.05, 3.63) is 54.0 Å². The number of aryl methyl sites for hydroxylation is 1. The van der Waals surface area contributed by atoms with Crippen LogP contribution in [0.1, 0.15) is 42.9 Å². The average Bonchev–Trinajstić information content (AvgIpc) is 3.39. The van der Waals surface area contributed by atoms with Crippen molar-refractivity contribution in [1.82, 2.24) is 19.5 Å². The summed E-state index contributed by atoms with van der Waals surface area (Å²) in [6.07, 6.45) is 7.76. The van der Waals surface area contributed by atoms with E-state index in [-0.39, 0.29) is 12.0 Å². The molecule has 2 saturated carbocycles. The van der Waals surface area contributed by atoms with E-state index in [2.05, 4.69) is 39.6 Å². The Morgan fingerprint density at radius 1 is 1.09 bits per heavy atom. The fourth-order valence-corrected chi connectivity index (χ4v) is 6.21. The Morgan fingerprint density at radius 3 is 2.83 bits per heavy atom. The summed E-state index contributed by atoms with van der Waals surface area (Å²) < 4.78 is 1.93. The maximum absolute atomic E-state index is 10.9. The van der Waals surface area contributed by atoms with Gasteiger partial charge >= 0.3 is 0 Å². The lowest BCUT2D eigenvalue weighted by Gasteiger charge is -2.19. The molecule has 0 saturated heterocycles. The third-order valence-corrected chi connectivity index (χ3v) is 8.39. The van der Waals surface area contributed by atoms with Crippen LogP contribution in [0.15, 0.2) is 42.9 Å². The van der Waals surface area contributed by atoms with Crippen molar-refractivity contribution in [2.24, 2.45) is 11.8 Å². The zero-order valence-corrected chi connectivity index (χ0v) is 19.5.